The van der Waals surface area contributed by atoms with E-state index in [0.717, 1.165) is 39.4 Å². The van der Waals surface area contributed by atoms with Crippen molar-refractivity contribution in [2.45, 2.75) is 13.3 Å². The molecule has 0 aliphatic carbocycles. The normalized spacial score (nSPS) is 11.5. The fraction of sp³-hybridized carbons (Fsp3) is 0.214. The summed E-state index contributed by atoms with van der Waals surface area (Å²) in [5, 5.41) is 0.722. The second-order valence-electron chi connectivity index (χ2n) is 4.33. The third-order valence-corrected chi connectivity index (χ3v) is 3.78. The van der Waals surface area contributed by atoms with Gasteiger partial charge in [0.2, 0.25) is 0 Å². The Hall–Kier alpha value is -1.25. The van der Waals surface area contributed by atoms with Crippen molar-refractivity contribution in [1.29, 1.82) is 0 Å². The summed E-state index contributed by atoms with van der Waals surface area (Å²) in [6.45, 7) is 2.05. The van der Waals surface area contributed by atoms with Gasteiger partial charge in [-0.15, -0.1) is 11.6 Å². The lowest BCUT2D eigenvalue weighted by atomic mass is 10.1. The molecule has 0 aliphatic heterocycles. The van der Waals surface area contributed by atoms with Crippen molar-refractivity contribution in [3.63, 3.8) is 0 Å². The van der Waals surface area contributed by atoms with Crippen LogP contribution in [0.4, 0.5) is 0 Å². The molecule has 2 nitrogen and oxygen atoms in total. The van der Waals surface area contributed by atoms with E-state index in [2.05, 4.69) is 11.1 Å². The molecule has 0 unspecified atom stereocenters. The molecule has 0 fully saturated rings. The van der Waals surface area contributed by atoms with E-state index in [-0.39, 0.29) is 0 Å². The summed E-state index contributed by atoms with van der Waals surface area (Å²) in [5.41, 5.74) is 5.12. The molecule has 18 heavy (non-hydrogen) atoms. The molecule has 0 amide bonds. The molecule has 0 saturated heterocycles. The minimum atomic E-state index is 0.568. The van der Waals surface area contributed by atoms with E-state index in [9.17, 15) is 0 Å². The molecule has 0 atom stereocenters. The van der Waals surface area contributed by atoms with Crippen molar-refractivity contribution < 1.29 is 0 Å². The number of rotatable bonds is 2. The maximum Gasteiger partial charge on any atom is 0.139 e. The van der Waals surface area contributed by atoms with Crippen molar-refractivity contribution >= 4 is 39.9 Å². The number of para-hydroxylation sites is 2. The second kappa shape index (κ2) is 4.45. The molecule has 4 heteroatoms. The quantitative estimate of drug-likeness (QED) is 0.507. The van der Waals surface area contributed by atoms with Gasteiger partial charge in [0.25, 0.3) is 0 Å². The van der Waals surface area contributed by atoms with Crippen LogP contribution in [-0.4, -0.2) is 15.3 Å². The monoisotopic (exact) mass is 278 g/mol. The number of hydrogen-bond donors (Lipinski definition) is 0. The molecule has 2 aromatic heterocycles. The van der Waals surface area contributed by atoms with Gasteiger partial charge in [-0.2, -0.15) is 0 Å². The number of alkyl halides is 1. The summed E-state index contributed by atoms with van der Waals surface area (Å²) in [5.74, 6) is 0.568. The smallest absolute Gasteiger partial charge is 0.139 e. The number of aromatic nitrogens is 2. The molecule has 0 spiro atoms. The van der Waals surface area contributed by atoms with E-state index in [4.69, 9.17) is 23.2 Å². The summed E-state index contributed by atoms with van der Waals surface area (Å²) >= 11 is 12.4. The highest BCUT2D eigenvalue weighted by Gasteiger charge is 2.12. The number of nitrogens with zero attached hydrogens (tertiary/aromatic N) is 2. The first kappa shape index (κ1) is 11.8. The van der Waals surface area contributed by atoms with Crippen LogP contribution in [0.2, 0.25) is 5.15 Å². The Balaban J connectivity index is 2.44. The molecule has 3 rings (SSSR count). The molecule has 1 aromatic carbocycles. The van der Waals surface area contributed by atoms with Crippen LogP contribution in [-0.2, 0) is 6.42 Å². The van der Waals surface area contributed by atoms with E-state index in [1.807, 2.05) is 35.6 Å². The fourth-order valence-electron chi connectivity index (χ4n) is 2.32. The van der Waals surface area contributed by atoms with Crippen molar-refractivity contribution in [2.75, 3.05) is 5.88 Å². The number of hydrogen-bond acceptors (Lipinski definition) is 1. The minimum absolute atomic E-state index is 0.568. The van der Waals surface area contributed by atoms with Crippen LogP contribution in [0.15, 0.2) is 30.3 Å². The first-order chi connectivity index (χ1) is 8.72. The number of pyridine rings is 1. The Kier molecular flexibility index (Phi) is 2.92. The molecule has 0 bridgehead atoms. The molecular formula is C14H12Cl2N2. The first-order valence-corrected chi connectivity index (χ1v) is 6.75. The van der Waals surface area contributed by atoms with Crippen molar-refractivity contribution in [3.8, 4) is 0 Å². The summed E-state index contributed by atoms with van der Waals surface area (Å²) in [6.07, 6.45) is 0.772. The Morgan fingerprint density at radius 1 is 1.28 bits per heavy atom. The van der Waals surface area contributed by atoms with Crippen LogP contribution in [0, 0.1) is 6.92 Å². The number of aryl methyl sites for hydroxylation is 1. The lowest BCUT2D eigenvalue weighted by molar-refractivity contribution is 1.06. The highest BCUT2D eigenvalue weighted by molar-refractivity contribution is 6.31. The number of imidazole rings is 1. The number of benzene rings is 1. The zero-order valence-electron chi connectivity index (χ0n) is 9.95. The van der Waals surface area contributed by atoms with Crippen LogP contribution >= 0.6 is 23.2 Å². The van der Waals surface area contributed by atoms with Crippen LogP contribution in [0.5, 0.6) is 0 Å². The molecule has 0 aliphatic rings. The van der Waals surface area contributed by atoms with Gasteiger partial charge in [0.15, 0.2) is 0 Å². The predicted molar refractivity (Wildman–Crippen MR) is 76.9 cm³/mol. The van der Waals surface area contributed by atoms with Gasteiger partial charge in [0.1, 0.15) is 10.8 Å². The van der Waals surface area contributed by atoms with Gasteiger partial charge >= 0.3 is 0 Å². The van der Waals surface area contributed by atoms with E-state index >= 15 is 0 Å². The highest BCUT2D eigenvalue weighted by atomic mass is 35.5. The van der Waals surface area contributed by atoms with Crippen molar-refractivity contribution in [1.82, 2.24) is 9.38 Å². The molecule has 0 radical (unpaired) electrons. The number of fused-ring (bicyclic) bond motifs is 3. The molecule has 0 saturated carbocycles. The van der Waals surface area contributed by atoms with Crippen LogP contribution < -0.4 is 0 Å². The maximum absolute atomic E-state index is 6.51. The first-order valence-electron chi connectivity index (χ1n) is 5.83. The average molecular weight is 279 g/mol. The van der Waals surface area contributed by atoms with Gasteiger partial charge in [-0.05, 0) is 42.7 Å². The highest BCUT2D eigenvalue weighted by Crippen LogP contribution is 2.27. The van der Waals surface area contributed by atoms with E-state index in [1.54, 1.807) is 0 Å². The fourth-order valence-corrected chi connectivity index (χ4v) is 2.93. The lowest BCUT2D eigenvalue weighted by Gasteiger charge is -2.09. The van der Waals surface area contributed by atoms with Crippen molar-refractivity contribution in [2.24, 2.45) is 0 Å². The van der Waals surface area contributed by atoms with Gasteiger partial charge in [0, 0.05) is 5.88 Å². The van der Waals surface area contributed by atoms with Gasteiger partial charge in [-0.25, -0.2) is 4.98 Å². The third-order valence-electron chi connectivity index (χ3n) is 3.20. The van der Waals surface area contributed by atoms with Crippen LogP contribution in [0.25, 0.3) is 16.7 Å². The Bertz CT molecular complexity index is 731. The van der Waals surface area contributed by atoms with Crippen LogP contribution in [0.1, 0.15) is 11.1 Å². The minimum Gasteiger partial charge on any atom is -0.282 e. The standard InChI is InChI=1S/C14H12Cl2N2/c1-9-8-13-17-11-4-2-3-5-12(11)18(13)14(16)10(9)6-7-15/h2-5,8H,6-7H2,1H3. The Labute approximate surface area is 115 Å². The lowest BCUT2D eigenvalue weighted by Crippen LogP contribution is -1.99. The van der Waals surface area contributed by atoms with Gasteiger partial charge in [-0.3, -0.25) is 4.40 Å². The molecular weight excluding hydrogens is 267 g/mol. The van der Waals surface area contributed by atoms with E-state index in [0.29, 0.717) is 5.88 Å². The third kappa shape index (κ3) is 1.68. The van der Waals surface area contributed by atoms with E-state index < -0.39 is 0 Å². The van der Waals surface area contributed by atoms with Crippen LogP contribution in [0.3, 0.4) is 0 Å². The molecule has 0 N–H and O–H groups in total. The molecule has 2 heterocycles. The van der Waals surface area contributed by atoms with Crippen molar-refractivity contribution in [3.05, 3.63) is 46.6 Å². The summed E-state index contributed by atoms with van der Waals surface area (Å²) in [6, 6.07) is 10.1. The average Bonchev–Trinajstić information content (AvgIpc) is 2.72. The Morgan fingerprint density at radius 2 is 2.06 bits per heavy atom. The van der Waals surface area contributed by atoms with Gasteiger partial charge < -0.3 is 0 Å². The topological polar surface area (TPSA) is 17.3 Å². The Morgan fingerprint density at radius 3 is 2.83 bits per heavy atom. The van der Waals surface area contributed by atoms with Gasteiger partial charge in [0.05, 0.1) is 11.0 Å². The maximum atomic E-state index is 6.51. The molecule has 3 aromatic rings. The summed E-state index contributed by atoms with van der Waals surface area (Å²) in [4.78, 5) is 4.58. The summed E-state index contributed by atoms with van der Waals surface area (Å²) < 4.78 is 1.99. The predicted octanol–water partition coefficient (Wildman–Crippen LogP) is 4.23. The second-order valence-corrected chi connectivity index (χ2v) is 5.07. The van der Waals surface area contributed by atoms with Gasteiger partial charge in [-0.1, -0.05) is 23.7 Å². The zero-order chi connectivity index (χ0) is 12.7. The SMILES string of the molecule is Cc1cc2nc3ccccc3n2c(Cl)c1CCCl. The largest absolute Gasteiger partial charge is 0.282 e. The van der Waals surface area contributed by atoms with E-state index in [1.165, 1.54) is 0 Å². The molecule has 92 valence electrons. The summed E-state index contributed by atoms with van der Waals surface area (Å²) in [7, 11) is 0. The zero-order valence-corrected chi connectivity index (χ0v) is 11.5. The number of halogens is 2.